The van der Waals surface area contributed by atoms with Gasteiger partial charge >= 0.3 is 18.0 Å². The van der Waals surface area contributed by atoms with Gasteiger partial charge in [-0.15, -0.1) is 0 Å². The van der Waals surface area contributed by atoms with Crippen molar-refractivity contribution >= 4 is 23.7 Å². The fraction of sp³-hybridized carbons (Fsp3) is 0.136. The number of nitrogens with one attached hydrogen (secondary N) is 2. The third kappa shape index (κ3) is 4.26. The summed E-state index contributed by atoms with van der Waals surface area (Å²) in [6, 6.07) is 17.3. The maximum absolute atomic E-state index is 12.4. The number of fused-ring (bicyclic) bond motifs is 3. The Morgan fingerprint density at radius 2 is 1.61 bits per heavy atom. The predicted octanol–water partition coefficient (Wildman–Crippen LogP) is 3.39. The second kappa shape index (κ2) is 8.72. The summed E-state index contributed by atoms with van der Waals surface area (Å²) in [7, 11) is 0. The monoisotopic (exact) mass is 422 g/mol. The number of amides is 2. The minimum absolute atomic E-state index is 0.0636. The van der Waals surface area contributed by atoms with Crippen molar-refractivity contribution in [2.45, 2.75) is 5.92 Å². The van der Waals surface area contributed by atoms with Crippen LogP contribution in [0.4, 0.5) is 10.5 Å². The lowest BCUT2D eigenvalue weighted by Crippen LogP contribution is -2.27. The summed E-state index contributed by atoms with van der Waals surface area (Å²) in [5.74, 6) is -2.45. The van der Waals surface area contributed by atoms with Crippen LogP contribution in [-0.4, -0.2) is 36.3 Å². The summed E-state index contributed by atoms with van der Waals surface area (Å²) in [4.78, 5) is 39.3. The van der Waals surface area contributed by atoms with E-state index in [4.69, 9.17) is 14.3 Å². The smallest absolute Gasteiger partial charge is 0.411 e. The van der Waals surface area contributed by atoms with E-state index in [-0.39, 0.29) is 24.0 Å². The van der Waals surface area contributed by atoms with Gasteiger partial charge < -0.3 is 14.3 Å². The Bertz CT molecular complexity index is 1090. The van der Waals surface area contributed by atoms with E-state index in [1.165, 1.54) is 12.3 Å². The van der Waals surface area contributed by atoms with Crippen molar-refractivity contribution in [2.75, 3.05) is 18.5 Å². The minimum Gasteiger partial charge on any atom is -0.479 e. The number of carboxylic acid groups (broad SMARTS) is 1. The highest BCUT2D eigenvalue weighted by Crippen LogP contribution is 2.44. The van der Waals surface area contributed by atoms with E-state index in [0.717, 1.165) is 22.3 Å². The molecule has 4 rings (SSSR count). The van der Waals surface area contributed by atoms with E-state index in [9.17, 15) is 14.4 Å². The molecule has 0 radical (unpaired) electrons. The summed E-state index contributed by atoms with van der Waals surface area (Å²) in [5.41, 5.74) is 6.37. The number of hydrogen-bond acceptors (Lipinski definition) is 6. The number of anilines is 1. The maximum atomic E-state index is 12.4. The predicted molar refractivity (Wildman–Crippen MR) is 108 cm³/mol. The van der Waals surface area contributed by atoms with Crippen LogP contribution in [0.2, 0.25) is 0 Å². The zero-order chi connectivity index (χ0) is 21.8. The van der Waals surface area contributed by atoms with Gasteiger partial charge in [-0.2, -0.15) is 0 Å². The van der Waals surface area contributed by atoms with Crippen molar-refractivity contribution in [2.24, 2.45) is 0 Å². The van der Waals surface area contributed by atoms with Gasteiger partial charge in [-0.05, 0) is 22.3 Å². The van der Waals surface area contributed by atoms with E-state index in [2.05, 4.69) is 10.2 Å². The highest BCUT2D eigenvalue weighted by molar-refractivity contribution is 5.99. The zero-order valence-corrected chi connectivity index (χ0v) is 16.2. The van der Waals surface area contributed by atoms with Gasteiger partial charge in [-0.3, -0.25) is 14.9 Å². The fourth-order valence-electron chi connectivity index (χ4n) is 3.54. The molecule has 0 atom stereocenters. The molecule has 0 aliphatic heterocycles. The molecule has 1 aliphatic carbocycles. The third-order valence-electron chi connectivity index (χ3n) is 4.81. The number of hydroxylamine groups is 1. The SMILES string of the molecule is O=C(O)CONC(=O)c1occc1NC(=O)OCC1c2ccccc2-c2ccccc21. The van der Waals surface area contributed by atoms with E-state index in [0.29, 0.717) is 0 Å². The van der Waals surface area contributed by atoms with Gasteiger partial charge in [0.05, 0.1) is 12.0 Å². The van der Waals surface area contributed by atoms with Crippen molar-refractivity contribution in [3.63, 3.8) is 0 Å². The van der Waals surface area contributed by atoms with Crippen molar-refractivity contribution < 1.29 is 33.5 Å². The average molecular weight is 422 g/mol. The molecule has 9 heteroatoms. The van der Waals surface area contributed by atoms with Crippen LogP contribution in [0.5, 0.6) is 0 Å². The summed E-state index contributed by atoms with van der Waals surface area (Å²) in [5, 5.41) is 11.0. The summed E-state index contributed by atoms with van der Waals surface area (Å²) in [6.45, 7) is -0.609. The van der Waals surface area contributed by atoms with Gasteiger partial charge in [0.15, 0.2) is 6.61 Å². The van der Waals surface area contributed by atoms with Gasteiger partial charge in [0.2, 0.25) is 5.76 Å². The number of benzene rings is 2. The number of hydrogen-bond donors (Lipinski definition) is 3. The number of aliphatic carboxylic acids is 1. The molecule has 31 heavy (non-hydrogen) atoms. The first kappa shape index (κ1) is 20.2. The van der Waals surface area contributed by atoms with Crippen LogP contribution in [0.25, 0.3) is 11.1 Å². The molecule has 0 bridgehead atoms. The van der Waals surface area contributed by atoms with Crippen LogP contribution in [0.1, 0.15) is 27.6 Å². The highest BCUT2D eigenvalue weighted by atomic mass is 16.7. The molecule has 9 nitrogen and oxygen atoms in total. The molecular weight excluding hydrogens is 404 g/mol. The molecule has 0 unspecified atom stereocenters. The maximum Gasteiger partial charge on any atom is 0.411 e. The number of carbonyl (C=O) groups is 3. The number of carboxylic acids is 1. The number of carbonyl (C=O) groups excluding carboxylic acids is 2. The van der Waals surface area contributed by atoms with Crippen LogP contribution in [-0.2, 0) is 14.4 Å². The fourth-order valence-corrected chi connectivity index (χ4v) is 3.54. The second-order valence-electron chi connectivity index (χ2n) is 6.73. The molecule has 3 aromatic rings. The van der Waals surface area contributed by atoms with E-state index in [1.807, 2.05) is 54.0 Å². The lowest BCUT2D eigenvalue weighted by molar-refractivity contribution is -0.144. The second-order valence-corrected chi connectivity index (χ2v) is 6.73. The molecule has 2 aromatic carbocycles. The number of rotatable bonds is 7. The van der Waals surface area contributed by atoms with Gasteiger partial charge in [0.1, 0.15) is 6.61 Å². The average Bonchev–Trinajstić information content (AvgIpc) is 3.34. The first-order valence-corrected chi connectivity index (χ1v) is 9.38. The molecule has 1 aliphatic rings. The molecule has 0 saturated carbocycles. The summed E-state index contributed by atoms with van der Waals surface area (Å²) < 4.78 is 10.5. The van der Waals surface area contributed by atoms with Gasteiger partial charge in [-0.1, -0.05) is 48.5 Å². The van der Waals surface area contributed by atoms with Gasteiger partial charge in [-0.25, -0.2) is 15.1 Å². The van der Waals surface area contributed by atoms with E-state index in [1.54, 1.807) is 0 Å². The standard InChI is InChI=1S/C22H18N2O7/c25-19(26)12-31-24-21(27)20-18(9-10-29-20)23-22(28)30-11-17-15-7-3-1-5-13(15)14-6-2-4-8-16(14)17/h1-10,17H,11-12H2,(H,23,28)(H,24,27)(H,25,26). The van der Waals surface area contributed by atoms with Crippen molar-refractivity contribution in [1.82, 2.24) is 5.48 Å². The number of furan rings is 1. The molecule has 158 valence electrons. The Balaban J connectivity index is 1.39. The minimum atomic E-state index is -1.25. The van der Waals surface area contributed by atoms with Crippen LogP contribution in [0, 0.1) is 0 Å². The zero-order valence-electron chi connectivity index (χ0n) is 16.2. The Labute approximate surface area is 176 Å². The molecule has 0 saturated heterocycles. The van der Waals surface area contributed by atoms with E-state index >= 15 is 0 Å². The van der Waals surface area contributed by atoms with Crippen LogP contribution < -0.4 is 10.8 Å². The van der Waals surface area contributed by atoms with Crippen LogP contribution in [0.15, 0.2) is 65.3 Å². The molecule has 1 aromatic heterocycles. The molecular formula is C22H18N2O7. The molecule has 3 N–H and O–H groups in total. The number of ether oxygens (including phenoxy) is 1. The Morgan fingerprint density at radius 3 is 2.26 bits per heavy atom. The van der Waals surface area contributed by atoms with Gasteiger partial charge in [0.25, 0.3) is 0 Å². The highest BCUT2D eigenvalue weighted by Gasteiger charge is 2.29. The first-order valence-electron chi connectivity index (χ1n) is 9.38. The largest absolute Gasteiger partial charge is 0.479 e. The van der Waals surface area contributed by atoms with Crippen molar-refractivity contribution in [1.29, 1.82) is 0 Å². The Morgan fingerprint density at radius 1 is 0.968 bits per heavy atom. The lowest BCUT2D eigenvalue weighted by atomic mass is 9.98. The Hall–Kier alpha value is -4.11. The molecule has 2 amide bonds. The molecule has 0 fully saturated rings. The van der Waals surface area contributed by atoms with E-state index < -0.39 is 24.6 Å². The third-order valence-corrected chi connectivity index (χ3v) is 4.81. The first-order chi connectivity index (χ1) is 15.0. The normalized spacial score (nSPS) is 12.0. The summed E-state index contributed by atoms with van der Waals surface area (Å²) in [6.07, 6.45) is 0.439. The summed E-state index contributed by atoms with van der Waals surface area (Å²) >= 11 is 0. The Kier molecular flexibility index (Phi) is 5.67. The van der Waals surface area contributed by atoms with Crippen molar-refractivity contribution in [3.05, 3.63) is 77.7 Å². The van der Waals surface area contributed by atoms with Crippen LogP contribution in [0.3, 0.4) is 0 Å². The lowest BCUT2D eigenvalue weighted by Gasteiger charge is -2.14. The molecule has 1 heterocycles. The topological polar surface area (TPSA) is 127 Å². The van der Waals surface area contributed by atoms with Crippen LogP contribution >= 0.6 is 0 Å². The van der Waals surface area contributed by atoms with Crippen molar-refractivity contribution in [3.8, 4) is 11.1 Å². The quantitative estimate of drug-likeness (QED) is 0.498. The molecule has 0 spiro atoms. The van der Waals surface area contributed by atoms with Gasteiger partial charge in [0, 0.05) is 12.0 Å².